The lowest BCUT2D eigenvalue weighted by atomic mass is 9.66. The van der Waals surface area contributed by atoms with Gasteiger partial charge in [-0.3, -0.25) is 4.79 Å². The van der Waals surface area contributed by atoms with Crippen LogP contribution in [-0.4, -0.2) is 40.8 Å². The number of ether oxygens (including phenoxy) is 1. The standard InChI is InChI=1S/C19H25F2NO4/c1-5-19(16(23)24)11-22(17(25)26-18(2,3)4)9-8-13(19)12-6-7-14(20)15(21)10-12/h6-7,10,13H,5,8-9,11H2,1-4H3,(H,23,24)/t13-,19+/m0/s1. The van der Waals surface area contributed by atoms with E-state index in [4.69, 9.17) is 4.74 Å². The average molecular weight is 369 g/mol. The number of hydrogen-bond donors (Lipinski definition) is 1. The molecule has 2 rings (SSSR count). The molecule has 0 aliphatic carbocycles. The molecule has 0 aromatic heterocycles. The van der Waals surface area contributed by atoms with E-state index in [1.54, 1.807) is 27.7 Å². The minimum Gasteiger partial charge on any atom is -0.481 e. The van der Waals surface area contributed by atoms with Crippen molar-refractivity contribution in [2.24, 2.45) is 5.41 Å². The number of likely N-dealkylation sites (tertiary alicyclic amines) is 1. The maximum atomic E-state index is 13.7. The van der Waals surface area contributed by atoms with Gasteiger partial charge in [-0.05, 0) is 51.3 Å². The first kappa shape index (κ1) is 20.1. The molecule has 1 heterocycles. The van der Waals surface area contributed by atoms with Crippen LogP contribution in [0.15, 0.2) is 18.2 Å². The summed E-state index contributed by atoms with van der Waals surface area (Å²) in [5.41, 5.74) is -1.55. The molecule has 144 valence electrons. The van der Waals surface area contributed by atoms with E-state index < -0.39 is 40.6 Å². The van der Waals surface area contributed by atoms with Crippen LogP contribution in [0.3, 0.4) is 0 Å². The van der Waals surface area contributed by atoms with E-state index in [2.05, 4.69) is 0 Å². The molecule has 1 aliphatic heterocycles. The number of halogens is 2. The lowest BCUT2D eigenvalue weighted by Gasteiger charge is -2.45. The number of rotatable bonds is 3. The van der Waals surface area contributed by atoms with Crippen molar-refractivity contribution in [1.29, 1.82) is 0 Å². The van der Waals surface area contributed by atoms with E-state index in [1.807, 2.05) is 0 Å². The number of piperidine rings is 1. The monoisotopic (exact) mass is 369 g/mol. The third kappa shape index (κ3) is 3.97. The molecular weight excluding hydrogens is 344 g/mol. The Morgan fingerprint density at radius 1 is 1.31 bits per heavy atom. The van der Waals surface area contributed by atoms with Crippen molar-refractivity contribution in [3.05, 3.63) is 35.4 Å². The number of nitrogens with zero attached hydrogens (tertiary/aromatic N) is 1. The number of carboxylic acid groups (broad SMARTS) is 1. The topological polar surface area (TPSA) is 66.8 Å². The van der Waals surface area contributed by atoms with Crippen LogP contribution in [0.4, 0.5) is 13.6 Å². The van der Waals surface area contributed by atoms with Gasteiger partial charge in [-0.1, -0.05) is 13.0 Å². The minimum atomic E-state index is -1.29. The van der Waals surface area contributed by atoms with Crippen LogP contribution in [0, 0.1) is 17.0 Å². The largest absolute Gasteiger partial charge is 0.481 e. The molecule has 1 N–H and O–H groups in total. The molecule has 7 heteroatoms. The molecule has 0 radical (unpaired) electrons. The Kier molecular flexibility index (Phi) is 5.58. The van der Waals surface area contributed by atoms with Gasteiger partial charge < -0.3 is 14.7 Å². The first-order valence-corrected chi connectivity index (χ1v) is 8.66. The van der Waals surface area contributed by atoms with Gasteiger partial charge in [0.1, 0.15) is 5.60 Å². The predicted molar refractivity (Wildman–Crippen MR) is 91.9 cm³/mol. The molecule has 1 aliphatic rings. The maximum absolute atomic E-state index is 13.7. The molecule has 2 atom stereocenters. The molecule has 1 aromatic rings. The fourth-order valence-electron chi connectivity index (χ4n) is 3.51. The van der Waals surface area contributed by atoms with Gasteiger partial charge in [0.25, 0.3) is 0 Å². The fourth-order valence-corrected chi connectivity index (χ4v) is 3.51. The summed E-state index contributed by atoms with van der Waals surface area (Å²) in [6, 6.07) is 3.48. The zero-order chi connectivity index (χ0) is 19.7. The van der Waals surface area contributed by atoms with Gasteiger partial charge in [0, 0.05) is 19.0 Å². The smallest absolute Gasteiger partial charge is 0.410 e. The van der Waals surface area contributed by atoms with Gasteiger partial charge in [-0.25, -0.2) is 13.6 Å². The van der Waals surface area contributed by atoms with Gasteiger partial charge in [0.15, 0.2) is 11.6 Å². The van der Waals surface area contributed by atoms with E-state index in [9.17, 15) is 23.5 Å². The number of amides is 1. The van der Waals surface area contributed by atoms with Crippen LogP contribution in [0.5, 0.6) is 0 Å². The van der Waals surface area contributed by atoms with Crippen LogP contribution in [0.1, 0.15) is 52.0 Å². The normalized spacial score (nSPS) is 23.6. The first-order chi connectivity index (χ1) is 12.0. The van der Waals surface area contributed by atoms with Crippen molar-refractivity contribution in [3.8, 4) is 0 Å². The molecule has 0 unspecified atom stereocenters. The minimum absolute atomic E-state index is 0.0442. The predicted octanol–water partition coefficient (Wildman–Crippen LogP) is 4.17. The van der Waals surface area contributed by atoms with E-state index in [0.717, 1.165) is 12.1 Å². The molecule has 0 saturated carbocycles. The van der Waals surface area contributed by atoms with Crippen LogP contribution in [0.2, 0.25) is 0 Å². The Balaban J connectivity index is 2.36. The first-order valence-electron chi connectivity index (χ1n) is 8.66. The number of hydrogen-bond acceptors (Lipinski definition) is 3. The SMILES string of the molecule is CC[C@@]1(C(=O)O)CN(C(=O)OC(C)(C)C)CC[C@H]1c1ccc(F)c(F)c1. The molecule has 26 heavy (non-hydrogen) atoms. The molecule has 5 nitrogen and oxygen atoms in total. The number of aliphatic carboxylic acids is 1. The summed E-state index contributed by atoms with van der Waals surface area (Å²) in [4.78, 5) is 25.9. The van der Waals surface area contributed by atoms with Gasteiger partial charge in [-0.15, -0.1) is 0 Å². The second kappa shape index (κ2) is 7.21. The molecule has 0 bridgehead atoms. The Bertz CT molecular complexity index is 701. The van der Waals surface area contributed by atoms with E-state index in [1.165, 1.54) is 11.0 Å². The van der Waals surface area contributed by atoms with Crippen molar-refractivity contribution in [1.82, 2.24) is 4.90 Å². The third-order valence-corrected chi connectivity index (χ3v) is 4.88. The van der Waals surface area contributed by atoms with Crippen molar-refractivity contribution >= 4 is 12.1 Å². The molecule has 1 fully saturated rings. The van der Waals surface area contributed by atoms with E-state index in [0.29, 0.717) is 12.0 Å². The Morgan fingerprint density at radius 3 is 2.46 bits per heavy atom. The third-order valence-electron chi connectivity index (χ3n) is 4.88. The van der Waals surface area contributed by atoms with Crippen molar-refractivity contribution in [2.75, 3.05) is 13.1 Å². The number of benzene rings is 1. The zero-order valence-electron chi connectivity index (χ0n) is 15.5. The summed E-state index contributed by atoms with van der Waals surface area (Å²) in [5, 5.41) is 9.93. The van der Waals surface area contributed by atoms with Crippen molar-refractivity contribution < 1.29 is 28.2 Å². The summed E-state index contributed by atoms with van der Waals surface area (Å²) in [5.74, 6) is -3.58. The highest BCUT2D eigenvalue weighted by Crippen LogP contribution is 2.46. The second-order valence-electron chi connectivity index (χ2n) is 7.73. The van der Waals surface area contributed by atoms with E-state index in [-0.39, 0.29) is 19.5 Å². The van der Waals surface area contributed by atoms with Crippen molar-refractivity contribution in [3.63, 3.8) is 0 Å². The van der Waals surface area contributed by atoms with Gasteiger partial charge in [-0.2, -0.15) is 0 Å². The number of carbonyl (C=O) groups excluding carboxylic acids is 1. The van der Waals surface area contributed by atoms with Gasteiger partial charge in [0.05, 0.1) is 5.41 Å². The van der Waals surface area contributed by atoms with Crippen LogP contribution in [0.25, 0.3) is 0 Å². The zero-order valence-corrected chi connectivity index (χ0v) is 15.5. The quantitative estimate of drug-likeness (QED) is 0.868. The molecular formula is C19H25F2NO4. The Morgan fingerprint density at radius 2 is 1.96 bits per heavy atom. The molecule has 1 aromatic carbocycles. The molecule has 1 saturated heterocycles. The number of carbonyl (C=O) groups is 2. The summed E-state index contributed by atoms with van der Waals surface area (Å²) in [6.07, 6.45) is -0.00393. The Labute approximate surface area is 151 Å². The summed E-state index contributed by atoms with van der Waals surface area (Å²) < 4.78 is 32.3. The molecule has 1 amide bonds. The van der Waals surface area contributed by atoms with Crippen LogP contribution >= 0.6 is 0 Å². The van der Waals surface area contributed by atoms with Gasteiger partial charge >= 0.3 is 12.1 Å². The van der Waals surface area contributed by atoms with E-state index >= 15 is 0 Å². The lowest BCUT2D eigenvalue weighted by molar-refractivity contribution is -0.154. The van der Waals surface area contributed by atoms with Crippen LogP contribution in [-0.2, 0) is 9.53 Å². The lowest BCUT2D eigenvalue weighted by Crippen LogP contribution is -2.54. The highest BCUT2D eigenvalue weighted by molar-refractivity contribution is 5.78. The van der Waals surface area contributed by atoms with Gasteiger partial charge in [0.2, 0.25) is 0 Å². The summed E-state index contributed by atoms with van der Waals surface area (Å²) in [6.45, 7) is 7.18. The van der Waals surface area contributed by atoms with Crippen LogP contribution < -0.4 is 0 Å². The molecule has 0 spiro atoms. The highest BCUT2D eigenvalue weighted by atomic mass is 19.2. The fraction of sp³-hybridized carbons (Fsp3) is 0.579. The highest BCUT2D eigenvalue weighted by Gasteiger charge is 2.50. The average Bonchev–Trinajstić information content (AvgIpc) is 2.55. The summed E-state index contributed by atoms with van der Waals surface area (Å²) >= 11 is 0. The maximum Gasteiger partial charge on any atom is 0.410 e. The number of carboxylic acids is 1. The van der Waals surface area contributed by atoms with Crippen molar-refractivity contribution in [2.45, 2.75) is 52.1 Å². The second-order valence-corrected chi connectivity index (χ2v) is 7.73. The Hall–Kier alpha value is -2.18. The summed E-state index contributed by atoms with van der Waals surface area (Å²) in [7, 11) is 0.